The summed E-state index contributed by atoms with van der Waals surface area (Å²) in [6.45, 7) is 3.43. The highest BCUT2D eigenvalue weighted by Gasteiger charge is 1.76. The maximum absolute atomic E-state index is 6.70. The van der Waals surface area contributed by atoms with Crippen molar-refractivity contribution in [3.05, 3.63) is 24.3 Å². The summed E-state index contributed by atoms with van der Waals surface area (Å²) < 4.78 is 0. The van der Waals surface area contributed by atoms with E-state index < -0.39 is 0 Å². The van der Waals surface area contributed by atoms with E-state index in [0.29, 0.717) is 5.57 Å². The Hall–Kier alpha value is -1.18. The van der Waals surface area contributed by atoms with Crippen LogP contribution in [0.2, 0.25) is 0 Å². The third-order valence-electron chi connectivity index (χ3n) is 0.678. The monoisotopic (exact) mass is 108 g/mol. The Balaban J connectivity index is 4.05. The first-order valence-corrected chi connectivity index (χ1v) is 2.18. The van der Waals surface area contributed by atoms with Gasteiger partial charge in [0.05, 0.1) is 0 Å². The van der Waals surface area contributed by atoms with Crippen LogP contribution in [-0.2, 0) is 0 Å². The zero-order valence-corrected chi connectivity index (χ0v) is 4.52. The van der Waals surface area contributed by atoms with Crippen LogP contribution in [0.25, 0.3) is 0 Å². The Labute approximate surface area is 48.6 Å². The third kappa shape index (κ3) is 2.08. The smallest absolute Gasteiger partial charge is 0.0250 e. The molecule has 0 rings (SSSR count). The molecule has 0 aliphatic carbocycles. The lowest BCUT2D eigenvalue weighted by Gasteiger charge is -1.81. The van der Waals surface area contributed by atoms with Crippen molar-refractivity contribution >= 4 is 12.4 Å². The lowest BCUT2D eigenvalue weighted by Crippen LogP contribution is -1.75. The Morgan fingerprint density at radius 1 is 1.38 bits per heavy atom. The molecule has 0 aromatic carbocycles. The average Bonchev–Trinajstić information content (AvgIpc) is 1.83. The average molecular weight is 108 g/mol. The molecule has 0 aliphatic rings. The van der Waals surface area contributed by atoms with Gasteiger partial charge in [0.2, 0.25) is 0 Å². The predicted octanol–water partition coefficient (Wildman–Crippen LogP) is 1.40. The molecule has 0 aromatic heterocycles. The van der Waals surface area contributed by atoms with Gasteiger partial charge in [0.1, 0.15) is 0 Å². The van der Waals surface area contributed by atoms with E-state index in [4.69, 9.17) is 10.8 Å². The lowest BCUT2D eigenvalue weighted by molar-refractivity contribution is 1.55. The van der Waals surface area contributed by atoms with Crippen molar-refractivity contribution in [2.75, 3.05) is 0 Å². The minimum atomic E-state index is 0.653. The van der Waals surface area contributed by atoms with Gasteiger partial charge in [-0.3, -0.25) is 0 Å². The van der Waals surface area contributed by atoms with Gasteiger partial charge in [-0.1, -0.05) is 12.7 Å². The molecule has 0 aliphatic heterocycles. The fourth-order valence-electron chi connectivity index (χ4n) is 0.271. The van der Waals surface area contributed by atoms with Gasteiger partial charge in [-0.2, -0.15) is 0 Å². The molecule has 0 bridgehead atoms. The molecule has 2 heteroatoms. The molecule has 0 unspecified atom stereocenters. The van der Waals surface area contributed by atoms with Crippen molar-refractivity contribution in [3.63, 3.8) is 0 Å². The molecular weight excluding hydrogens is 100 g/mol. The summed E-state index contributed by atoms with van der Waals surface area (Å²) in [7, 11) is 0. The van der Waals surface area contributed by atoms with Crippen LogP contribution in [0.5, 0.6) is 0 Å². The molecule has 2 N–H and O–H groups in total. The second-order valence-corrected chi connectivity index (χ2v) is 1.18. The normalized spacial score (nSPS) is 10.2. The van der Waals surface area contributed by atoms with Crippen molar-refractivity contribution in [2.24, 2.45) is 0 Å². The Morgan fingerprint density at radius 3 is 2.12 bits per heavy atom. The van der Waals surface area contributed by atoms with Crippen molar-refractivity contribution in [3.8, 4) is 0 Å². The predicted molar refractivity (Wildman–Crippen MR) is 35.8 cm³/mol. The Morgan fingerprint density at radius 2 is 2.00 bits per heavy atom. The van der Waals surface area contributed by atoms with Gasteiger partial charge in [-0.05, 0) is 11.6 Å². The summed E-state index contributed by atoms with van der Waals surface area (Å²) in [5, 5.41) is 13.3. The fraction of sp³-hybridized carbons (Fsp3) is 0. The minimum Gasteiger partial charge on any atom is -0.309 e. The molecular formula is C6H8N2. The Bertz CT molecular complexity index is 123. The summed E-state index contributed by atoms with van der Waals surface area (Å²) >= 11 is 0. The highest BCUT2D eigenvalue weighted by atomic mass is 14.3. The van der Waals surface area contributed by atoms with E-state index in [9.17, 15) is 0 Å². The SMILES string of the molecule is C=C/C(C=N)=C/C=N. The highest BCUT2D eigenvalue weighted by molar-refractivity contribution is 5.86. The van der Waals surface area contributed by atoms with Crippen LogP contribution in [-0.4, -0.2) is 12.4 Å². The van der Waals surface area contributed by atoms with Gasteiger partial charge in [-0.25, -0.2) is 0 Å². The first-order valence-electron chi connectivity index (χ1n) is 2.18. The van der Waals surface area contributed by atoms with Crippen molar-refractivity contribution in [1.29, 1.82) is 10.8 Å². The van der Waals surface area contributed by atoms with E-state index in [0.717, 1.165) is 12.4 Å². The molecule has 0 fully saturated rings. The standard InChI is InChI=1S/C6H8N2/c1-2-6(5-8)3-4-7/h2-5,7-8H,1H2/b6-3-,7-4?,8-5?. The van der Waals surface area contributed by atoms with Gasteiger partial charge >= 0.3 is 0 Å². The number of hydrogen-bond acceptors (Lipinski definition) is 2. The van der Waals surface area contributed by atoms with Crippen LogP contribution in [0.4, 0.5) is 0 Å². The molecule has 0 spiro atoms. The number of hydrogen-bond donors (Lipinski definition) is 2. The minimum absolute atomic E-state index is 0.653. The van der Waals surface area contributed by atoms with E-state index in [1.54, 1.807) is 0 Å². The number of rotatable bonds is 3. The largest absolute Gasteiger partial charge is 0.309 e. The molecule has 0 saturated heterocycles. The first kappa shape index (κ1) is 6.82. The summed E-state index contributed by atoms with van der Waals surface area (Å²) in [5.41, 5.74) is 0.653. The first-order chi connectivity index (χ1) is 3.85. The topological polar surface area (TPSA) is 47.7 Å². The zero-order valence-electron chi connectivity index (χ0n) is 4.52. The molecule has 0 saturated carbocycles. The zero-order chi connectivity index (χ0) is 6.41. The van der Waals surface area contributed by atoms with E-state index in [1.807, 2.05) is 0 Å². The molecule has 2 nitrogen and oxygen atoms in total. The fourth-order valence-corrected chi connectivity index (χ4v) is 0.271. The molecule has 42 valence electrons. The molecule has 0 amide bonds. The van der Waals surface area contributed by atoms with Gasteiger partial charge in [-0.15, -0.1) is 0 Å². The molecule has 8 heavy (non-hydrogen) atoms. The van der Waals surface area contributed by atoms with Crippen LogP contribution in [0.15, 0.2) is 24.3 Å². The van der Waals surface area contributed by atoms with Crippen LogP contribution < -0.4 is 0 Å². The maximum atomic E-state index is 6.70. The van der Waals surface area contributed by atoms with Crippen molar-refractivity contribution < 1.29 is 0 Å². The Kier molecular flexibility index (Phi) is 3.40. The van der Waals surface area contributed by atoms with E-state index in [2.05, 4.69) is 6.58 Å². The second kappa shape index (κ2) is 3.99. The molecule has 0 heterocycles. The second-order valence-electron chi connectivity index (χ2n) is 1.18. The van der Waals surface area contributed by atoms with Crippen LogP contribution in [0.1, 0.15) is 0 Å². The molecule has 0 radical (unpaired) electrons. The van der Waals surface area contributed by atoms with Gasteiger partial charge < -0.3 is 10.8 Å². The number of allylic oxidation sites excluding steroid dienone is 3. The highest BCUT2D eigenvalue weighted by Crippen LogP contribution is 1.85. The van der Waals surface area contributed by atoms with E-state index in [1.165, 1.54) is 12.2 Å². The van der Waals surface area contributed by atoms with Crippen molar-refractivity contribution in [2.45, 2.75) is 0 Å². The van der Waals surface area contributed by atoms with Gasteiger partial charge in [0, 0.05) is 12.4 Å². The summed E-state index contributed by atoms with van der Waals surface area (Å²) in [5.74, 6) is 0. The quantitative estimate of drug-likeness (QED) is 0.405. The maximum Gasteiger partial charge on any atom is 0.0250 e. The summed E-state index contributed by atoms with van der Waals surface area (Å²) in [6.07, 6.45) is 5.30. The summed E-state index contributed by atoms with van der Waals surface area (Å²) in [6, 6.07) is 0. The lowest BCUT2D eigenvalue weighted by atomic mass is 10.3. The summed E-state index contributed by atoms with van der Waals surface area (Å²) in [4.78, 5) is 0. The van der Waals surface area contributed by atoms with Gasteiger partial charge in [0.25, 0.3) is 0 Å². The third-order valence-corrected chi connectivity index (χ3v) is 0.678. The van der Waals surface area contributed by atoms with E-state index >= 15 is 0 Å². The van der Waals surface area contributed by atoms with Crippen LogP contribution >= 0.6 is 0 Å². The number of nitrogens with one attached hydrogen (secondary N) is 2. The molecule has 0 aromatic rings. The van der Waals surface area contributed by atoms with Crippen LogP contribution in [0.3, 0.4) is 0 Å². The molecule has 0 atom stereocenters. The van der Waals surface area contributed by atoms with Crippen molar-refractivity contribution in [1.82, 2.24) is 0 Å². The van der Waals surface area contributed by atoms with Gasteiger partial charge in [0.15, 0.2) is 0 Å². The van der Waals surface area contributed by atoms with Crippen LogP contribution in [0, 0.1) is 10.8 Å². The van der Waals surface area contributed by atoms with E-state index in [-0.39, 0.29) is 0 Å².